The Morgan fingerprint density at radius 1 is 1.56 bits per heavy atom. The molecule has 1 N–H and O–H groups in total. The van der Waals surface area contributed by atoms with Crippen molar-refractivity contribution in [3.8, 4) is 0 Å². The number of carbonyl (C=O) groups excluding carboxylic acids is 1. The zero-order valence-electron chi connectivity index (χ0n) is 10.4. The first kappa shape index (κ1) is 12.7. The highest BCUT2D eigenvalue weighted by Crippen LogP contribution is 2.21. The molecule has 1 amide bonds. The minimum absolute atomic E-state index is 0.0760. The van der Waals surface area contributed by atoms with Crippen LogP contribution in [0.25, 0.3) is 0 Å². The third-order valence-corrected chi connectivity index (χ3v) is 3.41. The molecule has 2 rings (SSSR count). The lowest BCUT2D eigenvalue weighted by molar-refractivity contribution is -0.131. The smallest absolute Gasteiger partial charge is 0.339 e. The topological polar surface area (TPSA) is 70.8 Å². The maximum absolute atomic E-state index is 11.9. The third kappa shape index (κ3) is 2.72. The van der Waals surface area contributed by atoms with Gasteiger partial charge in [0.05, 0.1) is 12.8 Å². The molecule has 1 aromatic rings. The predicted octanol–water partition coefficient (Wildman–Crippen LogP) is 2.13. The van der Waals surface area contributed by atoms with E-state index in [0.29, 0.717) is 24.6 Å². The van der Waals surface area contributed by atoms with Gasteiger partial charge in [-0.3, -0.25) is 4.79 Å². The molecule has 5 heteroatoms. The van der Waals surface area contributed by atoms with Crippen LogP contribution < -0.4 is 0 Å². The van der Waals surface area contributed by atoms with Gasteiger partial charge >= 0.3 is 5.97 Å². The van der Waals surface area contributed by atoms with Gasteiger partial charge in [-0.1, -0.05) is 6.92 Å². The van der Waals surface area contributed by atoms with Crippen molar-refractivity contribution in [2.24, 2.45) is 5.92 Å². The average Bonchev–Trinajstić information content (AvgIpc) is 2.73. The number of hydrogen-bond donors (Lipinski definition) is 1. The summed E-state index contributed by atoms with van der Waals surface area (Å²) in [4.78, 5) is 24.6. The first-order chi connectivity index (χ1) is 8.58. The van der Waals surface area contributed by atoms with E-state index in [2.05, 4.69) is 6.92 Å². The van der Waals surface area contributed by atoms with Gasteiger partial charge in [0, 0.05) is 13.0 Å². The van der Waals surface area contributed by atoms with Gasteiger partial charge in [0.2, 0.25) is 5.91 Å². The van der Waals surface area contributed by atoms with E-state index in [4.69, 9.17) is 9.52 Å². The minimum atomic E-state index is -1.02. The molecule has 0 spiro atoms. The highest BCUT2D eigenvalue weighted by molar-refractivity contribution is 5.88. The van der Waals surface area contributed by atoms with Crippen LogP contribution in [-0.4, -0.2) is 28.4 Å². The Labute approximate surface area is 105 Å². The fourth-order valence-electron chi connectivity index (χ4n) is 2.17. The molecule has 0 aliphatic carbocycles. The summed E-state index contributed by atoms with van der Waals surface area (Å²) < 4.78 is 5.17. The number of likely N-dealkylation sites (tertiary alicyclic amines) is 1. The van der Waals surface area contributed by atoms with Gasteiger partial charge in [0.15, 0.2) is 0 Å². The van der Waals surface area contributed by atoms with Crippen LogP contribution in [0.1, 0.15) is 42.3 Å². The number of nitrogens with zero attached hydrogens (tertiary/aromatic N) is 1. The second-order valence-electron chi connectivity index (χ2n) is 4.81. The third-order valence-electron chi connectivity index (χ3n) is 3.41. The van der Waals surface area contributed by atoms with Crippen LogP contribution in [-0.2, 0) is 11.3 Å². The fraction of sp³-hybridized carbons (Fsp3) is 0.538. The van der Waals surface area contributed by atoms with Gasteiger partial charge in [-0.25, -0.2) is 4.79 Å². The summed E-state index contributed by atoms with van der Waals surface area (Å²) >= 11 is 0. The molecule has 98 valence electrons. The molecule has 0 radical (unpaired) electrons. The number of carbonyl (C=O) groups is 2. The molecule has 1 atom stereocenters. The number of aromatic carboxylic acids is 1. The Morgan fingerprint density at radius 3 is 3.06 bits per heavy atom. The SMILES string of the molecule is CC1CCC(=O)N(Cc2occc2C(=O)O)CC1. The summed E-state index contributed by atoms with van der Waals surface area (Å²) in [6.45, 7) is 3.05. The molecule has 1 unspecified atom stereocenters. The summed E-state index contributed by atoms with van der Waals surface area (Å²) in [5, 5.41) is 8.98. The molecule has 0 bridgehead atoms. The van der Waals surface area contributed by atoms with E-state index >= 15 is 0 Å². The molecular formula is C13H17NO4. The number of hydrogen-bond acceptors (Lipinski definition) is 3. The quantitative estimate of drug-likeness (QED) is 0.893. The number of rotatable bonds is 3. The lowest BCUT2D eigenvalue weighted by Gasteiger charge is -2.19. The van der Waals surface area contributed by atoms with Gasteiger partial charge in [-0.2, -0.15) is 0 Å². The molecule has 2 heterocycles. The van der Waals surface area contributed by atoms with Gasteiger partial charge in [0.25, 0.3) is 0 Å². The molecular weight excluding hydrogens is 234 g/mol. The van der Waals surface area contributed by atoms with Crippen LogP contribution in [0.3, 0.4) is 0 Å². The average molecular weight is 251 g/mol. The van der Waals surface area contributed by atoms with Crippen molar-refractivity contribution < 1.29 is 19.1 Å². The van der Waals surface area contributed by atoms with E-state index in [1.165, 1.54) is 12.3 Å². The molecule has 1 fully saturated rings. The van der Waals surface area contributed by atoms with Crippen LogP contribution in [0.4, 0.5) is 0 Å². The molecule has 1 aliphatic rings. The second-order valence-corrected chi connectivity index (χ2v) is 4.81. The van der Waals surface area contributed by atoms with Gasteiger partial charge < -0.3 is 14.4 Å². The minimum Gasteiger partial charge on any atom is -0.478 e. The molecule has 1 aromatic heterocycles. The lowest BCUT2D eigenvalue weighted by atomic mass is 10.0. The van der Waals surface area contributed by atoms with Crippen LogP contribution in [0.15, 0.2) is 16.7 Å². The number of amides is 1. The van der Waals surface area contributed by atoms with E-state index in [1.54, 1.807) is 4.90 Å². The lowest BCUT2D eigenvalue weighted by Crippen LogP contribution is -2.30. The number of furan rings is 1. The Morgan fingerprint density at radius 2 is 2.33 bits per heavy atom. The van der Waals surface area contributed by atoms with Crippen molar-refractivity contribution in [1.82, 2.24) is 4.90 Å². The molecule has 5 nitrogen and oxygen atoms in total. The Hall–Kier alpha value is -1.78. The first-order valence-electron chi connectivity index (χ1n) is 6.15. The molecule has 18 heavy (non-hydrogen) atoms. The van der Waals surface area contributed by atoms with Crippen molar-refractivity contribution in [2.45, 2.75) is 32.7 Å². The van der Waals surface area contributed by atoms with E-state index < -0.39 is 5.97 Å². The standard InChI is InChI=1S/C13H17NO4/c1-9-2-3-12(15)14(6-4-9)8-11-10(13(16)17)5-7-18-11/h5,7,9H,2-4,6,8H2,1H3,(H,16,17). The highest BCUT2D eigenvalue weighted by Gasteiger charge is 2.23. The predicted molar refractivity (Wildman–Crippen MR) is 64.1 cm³/mol. The Kier molecular flexibility index (Phi) is 3.69. The van der Waals surface area contributed by atoms with Crippen LogP contribution in [0, 0.1) is 5.92 Å². The Balaban J connectivity index is 2.10. The largest absolute Gasteiger partial charge is 0.478 e. The summed E-state index contributed by atoms with van der Waals surface area (Å²) in [7, 11) is 0. The van der Waals surface area contributed by atoms with Crippen LogP contribution in [0.5, 0.6) is 0 Å². The van der Waals surface area contributed by atoms with Crippen molar-refractivity contribution in [3.05, 3.63) is 23.7 Å². The van der Waals surface area contributed by atoms with E-state index in [0.717, 1.165) is 12.8 Å². The van der Waals surface area contributed by atoms with Crippen LogP contribution >= 0.6 is 0 Å². The highest BCUT2D eigenvalue weighted by atomic mass is 16.4. The summed E-state index contributed by atoms with van der Waals surface area (Å²) in [6, 6.07) is 1.42. The molecule has 1 saturated heterocycles. The normalized spacial score (nSPS) is 20.8. The summed E-state index contributed by atoms with van der Waals surface area (Å²) in [5.74, 6) is -0.0543. The fourth-order valence-corrected chi connectivity index (χ4v) is 2.17. The molecule has 0 aromatic carbocycles. The van der Waals surface area contributed by atoms with Crippen molar-refractivity contribution >= 4 is 11.9 Å². The maximum atomic E-state index is 11.9. The van der Waals surface area contributed by atoms with Gasteiger partial charge in [-0.15, -0.1) is 0 Å². The Bertz CT molecular complexity index is 452. The van der Waals surface area contributed by atoms with Gasteiger partial charge in [-0.05, 0) is 24.8 Å². The van der Waals surface area contributed by atoms with E-state index in [9.17, 15) is 9.59 Å². The van der Waals surface area contributed by atoms with Crippen molar-refractivity contribution in [2.75, 3.05) is 6.54 Å². The zero-order chi connectivity index (χ0) is 13.1. The van der Waals surface area contributed by atoms with Crippen molar-refractivity contribution in [1.29, 1.82) is 0 Å². The first-order valence-corrected chi connectivity index (χ1v) is 6.15. The second kappa shape index (κ2) is 5.25. The van der Waals surface area contributed by atoms with Crippen molar-refractivity contribution in [3.63, 3.8) is 0 Å². The molecule has 1 aliphatic heterocycles. The van der Waals surface area contributed by atoms with E-state index in [1.807, 2.05) is 0 Å². The van der Waals surface area contributed by atoms with E-state index in [-0.39, 0.29) is 18.0 Å². The zero-order valence-corrected chi connectivity index (χ0v) is 10.4. The maximum Gasteiger partial charge on any atom is 0.339 e. The monoisotopic (exact) mass is 251 g/mol. The van der Waals surface area contributed by atoms with Crippen LogP contribution in [0.2, 0.25) is 0 Å². The van der Waals surface area contributed by atoms with Gasteiger partial charge in [0.1, 0.15) is 11.3 Å². The summed E-state index contributed by atoms with van der Waals surface area (Å²) in [6.07, 6.45) is 3.74. The number of carboxylic acids is 1. The summed E-state index contributed by atoms with van der Waals surface area (Å²) in [5.41, 5.74) is 0.139. The molecule has 0 saturated carbocycles. The number of carboxylic acid groups (broad SMARTS) is 1.